The molecular formula is C16H18N4O3S. The summed E-state index contributed by atoms with van der Waals surface area (Å²) < 4.78 is 31.7. The molecule has 8 heteroatoms. The highest BCUT2D eigenvalue weighted by Gasteiger charge is 2.33. The van der Waals surface area contributed by atoms with Crippen molar-refractivity contribution in [1.82, 2.24) is 19.4 Å². The summed E-state index contributed by atoms with van der Waals surface area (Å²) in [4.78, 5) is 7.67. The SMILES string of the molecule is Cc1nocc1S(=O)(=O)N1CCC(c2c[nH]c3ncccc23)CC1. The maximum Gasteiger partial charge on any atom is 0.248 e. The number of sulfonamides is 1. The number of hydrogen-bond donors (Lipinski definition) is 1. The van der Waals surface area contributed by atoms with Gasteiger partial charge in [-0.15, -0.1) is 0 Å². The number of nitrogens with one attached hydrogen (secondary N) is 1. The first-order valence-corrected chi connectivity index (χ1v) is 9.34. The number of rotatable bonds is 3. The first-order valence-electron chi connectivity index (χ1n) is 7.90. The lowest BCUT2D eigenvalue weighted by atomic mass is 9.90. The molecule has 0 aliphatic carbocycles. The van der Waals surface area contributed by atoms with Crippen molar-refractivity contribution in [2.45, 2.75) is 30.6 Å². The summed E-state index contributed by atoms with van der Waals surface area (Å²) in [6, 6.07) is 3.98. The molecule has 0 aromatic carbocycles. The highest BCUT2D eigenvalue weighted by atomic mass is 32.2. The van der Waals surface area contributed by atoms with E-state index in [0.29, 0.717) is 24.7 Å². The van der Waals surface area contributed by atoms with Crippen molar-refractivity contribution in [3.63, 3.8) is 0 Å². The van der Waals surface area contributed by atoms with E-state index in [4.69, 9.17) is 4.52 Å². The lowest BCUT2D eigenvalue weighted by Crippen LogP contribution is -2.38. The first-order chi connectivity index (χ1) is 11.6. The lowest BCUT2D eigenvalue weighted by Gasteiger charge is -2.30. The van der Waals surface area contributed by atoms with E-state index in [-0.39, 0.29) is 4.90 Å². The van der Waals surface area contributed by atoms with Crippen LogP contribution in [0.3, 0.4) is 0 Å². The molecule has 0 atom stereocenters. The van der Waals surface area contributed by atoms with Gasteiger partial charge in [-0.3, -0.25) is 0 Å². The molecule has 0 unspecified atom stereocenters. The highest BCUT2D eigenvalue weighted by Crippen LogP contribution is 2.34. The van der Waals surface area contributed by atoms with Crippen molar-refractivity contribution in [3.8, 4) is 0 Å². The molecule has 1 N–H and O–H groups in total. The topological polar surface area (TPSA) is 92.1 Å². The predicted molar refractivity (Wildman–Crippen MR) is 88.1 cm³/mol. The van der Waals surface area contributed by atoms with E-state index in [9.17, 15) is 8.42 Å². The first kappa shape index (κ1) is 15.3. The van der Waals surface area contributed by atoms with Crippen LogP contribution >= 0.6 is 0 Å². The summed E-state index contributed by atoms with van der Waals surface area (Å²) in [5.74, 6) is 0.331. The minimum atomic E-state index is -3.53. The Morgan fingerprint density at radius 1 is 1.33 bits per heavy atom. The second-order valence-electron chi connectivity index (χ2n) is 6.09. The molecule has 0 bridgehead atoms. The summed E-state index contributed by atoms with van der Waals surface area (Å²) in [7, 11) is -3.53. The van der Waals surface area contributed by atoms with Crippen molar-refractivity contribution in [2.75, 3.05) is 13.1 Å². The van der Waals surface area contributed by atoms with Gasteiger partial charge in [0.05, 0.1) is 0 Å². The number of H-pyrrole nitrogens is 1. The van der Waals surface area contributed by atoms with Gasteiger partial charge in [-0.05, 0) is 43.4 Å². The van der Waals surface area contributed by atoms with E-state index in [1.807, 2.05) is 12.3 Å². The van der Waals surface area contributed by atoms with Crippen LogP contribution in [0.4, 0.5) is 0 Å². The third kappa shape index (κ3) is 2.42. The average Bonchev–Trinajstić information content (AvgIpc) is 3.21. The zero-order valence-corrected chi connectivity index (χ0v) is 14.1. The van der Waals surface area contributed by atoms with Crippen molar-refractivity contribution in [1.29, 1.82) is 0 Å². The summed E-state index contributed by atoms with van der Waals surface area (Å²) in [5, 5.41) is 4.79. The number of aromatic amines is 1. The minimum absolute atomic E-state index is 0.164. The van der Waals surface area contributed by atoms with Crippen LogP contribution in [0.25, 0.3) is 11.0 Å². The number of nitrogens with zero attached hydrogens (tertiary/aromatic N) is 3. The molecule has 3 aromatic heterocycles. The zero-order valence-electron chi connectivity index (χ0n) is 13.3. The molecule has 7 nitrogen and oxygen atoms in total. The maximum absolute atomic E-state index is 12.7. The molecule has 0 radical (unpaired) electrons. The fourth-order valence-electron chi connectivity index (χ4n) is 3.39. The van der Waals surface area contributed by atoms with Crippen LogP contribution in [0, 0.1) is 6.92 Å². The monoisotopic (exact) mass is 346 g/mol. The van der Waals surface area contributed by atoms with Crippen LogP contribution in [0.5, 0.6) is 0 Å². The van der Waals surface area contributed by atoms with Gasteiger partial charge >= 0.3 is 0 Å². The number of piperidine rings is 1. The van der Waals surface area contributed by atoms with E-state index in [1.54, 1.807) is 13.1 Å². The van der Waals surface area contributed by atoms with Gasteiger partial charge in [0.1, 0.15) is 22.5 Å². The largest absolute Gasteiger partial charge is 0.363 e. The Hall–Kier alpha value is -2.19. The van der Waals surface area contributed by atoms with E-state index in [2.05, 4.69) is 21.2 Å². The highest BCUT2D eigenvalue weighted by molar-refractivity contribution is 7.89. The van der Waals surface area contributed by atoms with E-state index < -0.39 is 10.0 Å². The number of aryl methyl sites for hydroxylation is 1. The van der Waals surface area contributed by atoms with Crippen molar-refractivity contribution >= 4 is 21.1 Å². The van der Waals surface area contributed by atoms with E-state index in [0.717, 1.165) is 23.9 Å². The Kier molecular flexibility index (Phi) is 3.65. The Morgan fingerprint density at radius 3 is 2.83 bits per heavy atom. The van der Waals surface area contributed by atoms with Gasteiger partial charge in [0.2, 0.25) is 10.0 Å². The maximum atomic E-state index is 12.7. The van der Waals surface area contributed by atoms with E-state index in [1.165, 1.54) is 16.1 Å². The average molecular weight is 346 g/mol. The molecule has 0 amide bonds. The van der Waals surface area contributed by atoms with Crippen LogP contribution in [0.2, 0.25) is 0 Å². The Bertz CT molecular complexity index is 968. The van der Waals surface area contributed by atoms with E-state index >= 15 is 0 Å². The molecule has 4 rings (SSSR count). The molecular weight excluding hydrogens is 328 g/mol. The molecule has 0 saturated carbocycles. The number of fused-ring (bicyclic) bond motifs is 1. The second-order valence-corrected chi connectivity index (χ2v) is 7.99. The van der Waals surface area contributed by atoms with Gasteiger partial charge in [0.25, 0.3) is 0 Å². The minimum Gasteiger partial charge on any atom is -0.363 e. The van der Waals surface area contributed by atoms with Crippen molar-refractivity contribution < 1.29 is 12.9 Å². The van der Waals surface area contributed by atoms with Crippen LogP contribution in [0.1, 0.15) is 30.0 Å². The molecule has 3 aromatic rings. The molecule has 1 saturated heterocycles. The number of hydrogen-bond acceptors (Lipinski definition) is 5. The van der Waals surface area contributed by atoms with Gasteiger partial charge in [0.15, 0.2) is 0 Å². The van der Waals surface area contributed by atoms with Crippen molar-refractivity contribution in [3.05, 3.63) is 42.0 Å². The van der Waals surface area contributed by atoms with Gasteiger partial charge in [-0.2, -0.15) is 4.31 Å². The Labute approximate surface area is 139 Å². The molecule has 24 heavy (non-hydrogen) atoms. The van der Waals surface area contributed by atoms with Crippen LogP contribution in [-0.4, -0.2) is 40.9 Å². The number of pyridine rings is 1. The Balaban J connectivity index is 1.54. The molecule has 4 heterocycles. The second kappa shape index (κ2) is 5.71. The molecule has 1 aliphatic rings. The number of aromatic nitrogens is 3. The fourth-order valence-corrected chi connectivity index (χ4v) is 4.94. The Morgan fingerprint density at radius 2 is 2.12 bits per heavy atom. The third-order valence-corrected chi connectivity index (χ3v) is 6.69. The smallest absolute Gasteiger partial charge is 0.248 e. The van der Waals surface area contributed by atoms with Crippen LogP contribution in [-0.2, 0) is 10.0 Å². The zero-order chi connectivity index (χ0) is 16.7. The lowest BCUT2D eigenvalue weighted by molar-refractivity contribution is 0.320. The molecule has 1 fully saturated rings. The van der Waals surface area contributed by atoms with Crippen LogP contribution < -0.4 is 0 Å². The predicted octanol–water partition coefficient (Wildman–Crippen LogP) is 2.43. The standard InChI is InChI=1S/C16H18N4O3S/c1-11-15(10-23-19-11)24(21,22)20-7-4-12(5-8-20)14-9-18-16-13(14)3-2-6-17-16/h2-3,6,9-10,12H,4-5,7-8H2,1H3,(H,17,18). The third-order valence-electron chi connectivity index (χ3n) is 4.70. The van der Waals surface area contributed by atoms with Gasteiger partial charge < -0.3 is 9.51 Å². The summed E-state index contributed by atoms with van der Waals surface area (Å²) in [5.41, 5.74) is 2.50. The van der Waals surface area contributed by atoms with Crippen LogP contribution in [0.15, 0.2) is 40.2 Å². The molecule has 126 valence electrons. The molecule has 1 aliphatic heterocycles. The van der Waals surface area contributed by atoms with Gasteiger partial charge in [-0.25, -0.2) is 13.4 Å². The summed E-state index contributed by atoms with van der Waals surface area (Å²) in [6.07, 6.45) is 6.54. The fraction of sp³-hybridized carbons (Fsp3) is 0.375. The molecule has 0 spiro atoms. The quantitative estimate of drug-likeness (QED) is 0.786. The summed E-state index contributed by atoms with van der Waals surface area (Å²) >= 11 is 0. The summed E-state index contributed by atoms with van der Waals surface area (Å²) in [6.45, 7) is 2.62. The van der Waals surface area contributed by atoms with Gasteiger partial charge in [0, 0.05) is 30.9 Å². The van der Waals surface area contributed by atoms with Gasteiger partial charge in [-0.1, -0.05) is 5.16 Å². The van der Waals surface area contributed by atoms with Crippen molar-refractivity contribution in [2.24, 2.45) is 0 Å². The normalized spacial score (nSPS) is 17.5.